The molecule has 0 spiro atoms. The number of aliphatic hydroxyl groups is 1. The van der Waals surface area contributed by atoms with Crippen LogP contribution >= 0.6 is 0 Å². The Morgan fingerprint density at radius 3 is 2.45 bits per heavy atom. The molecule has 20 heavy (non-hydrogen) atoms. The monoisotopic (exact) mass is 287 g/mol. The van der Waals surface area contributed by atoms with Crippen molar-refractivity contribution in [1.29, 1.82) is 0 Å². The van der Waals surface area contributed by atoms with Crippen molar-refractivity contribution in [2.24, 2.45) is 0 Å². The first-order valence-electron chi connectivity index (χ1n) is 5.53. The summed E-state index contributed by atoms with van der Waals surface area (Å²) in [7, 11) is 0. The molecule has 0 fully saturated rings. The fraction of sp³-hybridized carbons (Fsp3) is 0.154. The molecular weight excluding hydrogens is 278 g/mol. The summed E-state index contributed by atoms with van der Waals surface area (Å²) >= 11 is 0. The van der Waals surface area contributed by atoms with Crippen molar-refractivity contribution >= 4 is 0 Å². The van der Waals surface area contributed by atoms with Crippen molar-refractivity contribution in [3.05, 3.63) is 63.8 Å². The maximum atomic E-state index is 13.8. The fourth-order valence-electron chi connectivity index (χ4n) is 1.74. The number of rotatable bonds is 2. The molecule has 2 aromatic rings. The van der Waals surface area contributed by atoms with Crippen LogP contribution in [0.3, 0.4) is 0 Å². The average Bonchev–Trinajstić information content (AvgIpc) is 2.38. The minimum absolute atomic E-state index is 0.256. The number of halogens is 4. The van der Waals surface area contributed by atoms with Gasteiger partial charge in [0.2, 0.25) is 0 Å². The molecule has 0 saturated carbocycles. The zero-order valence-electron chi connectivity index (χ0n) is 9.99. The van der Waals surface area contributed by atoms with E-state index in [9.17, 15) is 22.4 Å². The third-order valence-corrected chi connectivity index (χ3v) is 2.71. The fourth-order valence-corrected chi connectivity index (χ4v) is 1.74. The van der Waals surface area contributed by atoms with Crippen LogP contribution in [0.1, 0.15) is 11.1 Å². The van der Waals surface area contributed by atoms with Crippen molar-refractivity contribution in [3.63, 3.8) is 0 Å². The predicted molar refractivity (Wildman–Crippen MR) is 62.9 cm³/mol. The summed E-state index contributed by atoms with van der Waals surface area (Å²) in [4.78, 5) is 11.7. The van der Waals surface area contributed by atoms with Crippen molar-refractivity contribution in [1.82, 2.24) is 4.57 Å². The van der Waals surface area contributed by atoms with Gasteiger partial charge >= 0.3 is 6.18 Å². The van der Waals surface area contributed by atoms with Gasteiger partial charge in [-0.15, -0.1) is 0 Å². The van der Waals surface area contributed by atoms with Gasteiger partial charge in [0.05, 0.1) is 12.3 Å². The van der Waals surface area contributed by atoms with Gasteiger partial charge in [-0.3, -0.25) is 9.36 Å². The molecule has 0 saturated heterocycles. The lowest BCUT2D eigenvalue weighted by molar-refractivity contribution is -0.138. The van der Waals surface area contributed by atoms with E-state index in [2.05, 4.69) is 0 Å². The van der Waals surface area contributed by atoms with Gasteiger partial charge in [0.25, 0.3) is 5.56 Å². The zero-order valence-corrected chi connectivity index (χ0v) is 9.99. The maximum absolute atomic E-state index is 13.8. The molecule has 1 aromatic heterocycles. The van der Waals surface area contributed by atoms with Gasteiger partial charge in [-0.05, 0) is 29.8 Å². The van der Waals surface area contributed by atoms with Crippen LogP contribution in [0.2, 0.25) is 0 Å². The molecule has 0 aliphatic carbocycles. The second kappa shape index (κ2) is 5.09. The molecule has 0 aliphatic heterocycles. The second-order valence-corrected chi connectivity index (χ2v) is 4.04. The summed E-state index contributed by atoms with van der Waals surface area (Å²) in [6.07, 6.45) is -3.75. The Labute approximate surface area is 110 Å². The zero-order chi connectivity index (χ0) is 14.9. The van der Waals surface area contributed by atoms with E-state index in [0.717, 1.165) is 24.4 Å². The van der Waals surface area contributed by atoms with E-state index in [-0.39, 0.29) is 11.3 Å². The standard InChI is InChI=1S/C13H9F4NO2/c14-10-6-8(7-19)3-4-11(10)18-5-1-2-9(12(18)20)13(15,16)17/h1-6,19H,7H2. The van der Waals surface area contributed by atoms with E-state index >= 15 is 0 Å². The molecule has 0 bridgehead atoms. The number of aromatic nitrogens is 1. The topological polar surface area (TPSA) is 42.2 Å². The van der Waals surface area contributed by atoms with Gasteiger partial charge < -0.3 is 5.11 Å². The molecule has 106 valence electrons. The Morgan fingerprint density at radius 1 is 1.20 bits per heavy atom. The van der Waals surface area contributed by atoms with Gasteiger partial charge in [0.15, 0.2) is 0 Å². The Balaban J connectivity index is 2.63. The quantitative estimate of drug-likeness (QED) is 0.862. The van der Waals surface area contributed by atoms with E-state index in [1.807, 2.05) is 0 Å². The van der Waals surface area contributed by atoms with E-state index in [1.54, 1.807) is 0 Å². The lowest BCUT2D eigenvalue weighted by atomic mass is 10.2. The molecule has 2 rings (SSSR count). The van der Waals surface area contributed by atoms with Crippen LogP contribution in [-0.2, 0) is 12.8 Å². The first kappa shape index (κ1) is 14.3. The summed E-state index contributed by atoms with van der Waals surface area (Å²) in [5, 5.41) is 8.84. The number of benzene rings is 1. The third-order valence-electron chi connectivity index (χ3n) is 2.71. The SMILES string of the molecule is O=c1c(C(F)(F)F)cccn1-c1ccc(CO)cc1F. The molecule has 3 nitrogen and oxygen atoms in total. The van der Waals surface area contributed by atoms with Crippen LogP contribution in [0.15, 0.2) is 41.3 Å². The predicted octanol–water partition coefficient (Wildman–Crippen LogP) is 2.49. The average molecular weight is 287 g/mol. The number of hydrogen-bond acceptors (Lipinski definition) is 2. The summed E-state index contributed by atoms with van der Waals surface area (Å²) in [5.41, 5.74) is -2.77. The summed E-state index contributed by atoms with van der Waals surface area (Å²) in [6.45, 7) is -0.408. The number of hydrogen-bond donors (Lipinski definition) is 1. The molecule has 0 atom stereocenters. The summed E-state index contributed by atoms with van der Waals surface area (Å²) in [5.74, 6) is -0.891. The van der Waals surface area contributed by atoms with Gasteiger partial charge in [-0.1, -0.05) is 6.07 Å². The highest BCUT2D eigenvalue weighted by Gasteiger charge is 2.34. The molecule has 1 aromatic carbocycles. The highest BCUT2D eigenvalue weighted by atomic mass is 19.4. The minimum Gasteiger partial charge on any atom is -0.392 e. The van der Waals surface area contributed by atoms with Gasteiger partial charge in [0.1, 0.15) is 11.4 Å². The summed E-state index contributed by atoms with van der Waals surface area (Å²) in [6, 6.07) is 5.08. The molecule has 1 heterocycles. The first-order valence-corrected chi connectivity index (χ1v) is 5.53. The van der Waals surface area contributed by atoms with Crippen molar-refractivity contribution in [2.45, 2.75) is 12.8 Å². The lowest BCUT2D eigenvalue weighted by Gasteiger charge is -2.11. The number of aliphatic hydroxyl groups excluding tert-OH is 1. The Hall–Kier alpha value is -2.15. The minimum atomic E-state index is -4.80. The van der Waals surface area contributed by atoms with Crippen LogP contribution in [0, 0.1) is 5.82 Å². The Bertz CT molecular complexity index is 692. The van der Waals surface area contributed by atoms with Crippen LogP contribution in [0.5, 0.6) is 0 Å². The van der Waals surface area contributed by atoms with Crippen molar-refractivity contribution in [2.75, 3.05) is 0 Å². The molecular formula is C13H9F4NO2. The van der Waals surface area contributed by atoms with E-state index in [1.165, 1.54) is 6.07 Å². The highest BCUT2D eigenvalue weighted by Crippen LogP contribution is 2.26. The second-order valence-electron chi connectivity index (χ2n) is 4.04. The van der Waals surface area contributed by atoms with Crippen molar-refractivity contribution in [3.8, 4) is 5.69 Å². The van der Waals surface area contributed by atoms with Gasteiger partial charge in [-0.25, -0.2) is 4.39 Å². The van der Waals surface area contributed by atoms with E-state index in [4.69, 9.17) is 5.11 Å². The Morgan fingerprint density at radius 2 is 1.90 bits per heavy atom. The molecule has 0 radical (unpaired) electrons. The lowest BCUT2D eigenvalue weighted by Crippen LogP contribution is -2.27. The number of pyridine rings is 1. The van der Waals surface area contributed by atoms with Crippen molar-refractivity contribution < 1.29 is 22.7 Å². The Kier molecular flexibility index (Phi) is 3.63. The normalized spacial score (nSPS) is 11.7. The van der Waals surface area contributed by atoms with Crippen LogP contribution in [0.4, 0.5) is 17.6 Å². The van der Waals surface area contributed by atoms with Crippen LogP contribution in [0.25, 0.3) is 5.69 Å². The number of alkyl halides is 3. The molecule has 0 aliphatic rings. The first-order chi connectivity index (χ1) is 9.34. The van der Waals surface area contributed by atoms with Gasteiger partial charge in [-0.2, -0.15) is 13.2 Å². The van der Waals surface area contributed by atoms with E-state index < -0.39 is 29.7 Å². The summed E-state index contributed by atoms with van der Waals surface area (Å²) < 4.78 is 52.2. The van der Waals surface area contributed by atoms with Crippen LogP contribution < -0.4 is 5.56 Å². The van der Waals surface area contributed by atoms with Crippen LogP contribution in [-0.4, -0.2) is 9.67 Å². The molecule has 0 unspecified atom stereocenters. The molecule has 0 amide bonds. The maximum Gasteiger partial charge on any atom is 0.421 e. The molecule has 1 N–H and O–H groups in total. The van der Waals surface area contributed by atoms with Gasteiger partial charge in [0, 0.05) is 6.20 Å². The molecule has 7 heteroatoms. The highest BCUT2D eigenvalue weighted by molar-refractivity contribution is 5.37. The smallest absolute Gasteiger partial charge is 0.392 e. The van der Waals surface area contributed by atoms with E-state index in [0.29, 0.717) is 10.6 Å². The number of nitrogens with zero attached hydrogens (tertiary/aromatic N) is 1. The third kappa shape index (κ3) is 2.57. The largest absolute Gasteiger partial charge is 0.421 e.